The molecule has 4 rings (SSSR count). The minimum absolute atomic E-state index is 0.0892. The van der Waals surface area contributed by atoms with Crippen molar-refractivity contribution in [3.05, 3.63) is 80.5 Å². The molecule has 2 N–H and O–H groups in total. The Kier molecular flexibility index (Phi) is 4.59. The van der Waals surface area contributed by atoms with E-state index in [9.17, 15) is 14.7 Å². The predicted octanol–water partition coefficient (Wildman–Crippen LogP) is 4.29. The molecule has 0 spiro atoms. The molecule has 0 aromatic heterocycles. The fraction of sp³-hybridized carbons (Fsp3) is 0.182. The summed E-state index contributed by atoms with van der Waals surface area (Å²) >= 11 is 3.33. The number of benzene rings is 2. The molecular formula is C22H18BrNO4. The number of halogens is 1. The molecule has 2 aromatic rings. The molecule has 1 atom stereocenters. The van der Waals surface area contributed by atoms with Gasteiger partial charge in [-0.25, -0.2) is 4.79 Å². The van der Waals surface area contributed by atoms with Gasteiger partial charge in [-0.1, -0.05) is 30.3 Å². The number of phenols is 1. The highest BCUT2D eigenvalue weighted by atomic mass is 79.9. The standard InChI is InChI=1S/C22H18BrNO4/c1-3-28-22(27)17-11(2)24-20-13-6-4-5-7-14(13)21(26)19(20)18(17)12-8-9-16(25)15(23)10-12/h4-10,18,24-25H,3H2,1-2H3/t18-/m0/s1. The molecule has 2 aromatic carbocycles. The number of ketones is 1. The summed E-state index contributed by atoms with van der Waals surface area (Å²) in [6.07, 6.45) is 0. The van der Waals surface area contributed by atoms with E-state index in [-0.39, 0.29) is 18.1 Å². The number of esters is 1. The van der Waals surface area contributed by atoms with E-state index >= 15 is 0 Å². The van der Waals surface area contributed by atoms with Crippen molar-refractivity contribution in [2.75, 3.05) is 6.61 Å². The molecule has 2 aliphatic rings. The third-order valence-corrected chi connectivity index (χ3v) is 5.68. The van der Waals surface area contributed by atoms with Gasteiger partial charge in [0, 0.05) is 28.3 Å². The first-order chi connectivity index (χ1) is 13.4. The minimum atomic E-state index is -0.591. The van der Waals surface area contributed by atoms with Crippen LogP contribution in [-0.2, 0) is 9.53 Å². The van der Waals surface area contributed by atoms with Gasteiger partial charge in [-0.3, -0.25) is 4.79 Å². The molecule has 0 saturated carbocycles. The van der Waals surface area contributed by atoms with Crippen LogP contribution >= 0.6 is 15.9 Å². The number of carbonyl (C=O) groups excluding carboxylic acids is 2. The van der Waals surface area contributed by atoms with Crippen molar-refractivity contribution in [1.29, 1.82) is 0 Å². The van der Waals surface area contributed by atoms with Crippen LogP contribution < -0.4 is 5.32 Å². The molecular weight excluding hydrogens is 422 g/mol. The number of ether oxygens (including phenoxy) is 1. The second-order valence-electron chi connectivity index (χ2n) is 6.69. The van der Waals surface area contributed by atoms with Gasteiger partial charge in [0.2, 0.25) is 0 Å². The number of fused-ring (bicyclic) bond motifs is 2. The first kappa shape index (κ1) is 18.5. The second-order valence-corrected chi connectivity index (χ2v) is 7.55. The van der Waals surface area contributed by atoms with E-state index in [4.69, 9.17) is 4.74 Å². The molecule has 1 aliphatic heterocycles. The molecule has 1 aliphatic carbocycles. The maximum atomic E-state index is 13.3. The number of nitrogens with one attached hydrogen (secondary N) is 1. The molecule has 142 valence electrons. The van der Waals surface area contributed by atoms with Crippen LogP contribution in [0, 0.1) is 0 Å². The van der Waals surface area contributed by atoms with Crippen molar-refractivity contribution in [2.24, 2.45) is 0 Å². The zero-order valence-electron chi connectivity index (χ0n) is 15.4. The summed E-state index contributed by atoms with van der Waals surface area (Å²) in [7, 11) is 0. The van der Waals surface area contributed by atoms with Crippen molar-refractivity contribution in [3.63, 3.8) is 0 Å². The number of phenolic OH excluding ortho intramolecular Hbond substituents is 1. The van der Waals surface area contributed by atoms with Crippen LogP contribution in [0.5, 0.6) is 5.75 Å². The minimum Gasteiger partial charge on any atom is -0.507 e. The Morgan fingerprint density at radius 1 is 1.21 bits per heavy atom. The van der Waals surface area contributed by atoms with Crippen molar-refractivity contribution < 1.29 is 19.4 Å². The largest absolute Gasteiger partial charge is 0.507 e. The number of aromatic hydroxyl groups is 1. The maximum Gasteiger partial charge on any atom is 0.336 e. The average Bonchev–Trinajstić information content (AvgIpc) is 2.95. The zero-order valence-corrected chi connectivity index (χ0v) is 17.0. The molecule has 0 fully saturated rings. The third-order valence-electron chi connectivity index (χ3n) is 5.05. The maximum absolute atomic E-state index is 13.3. The van der Waals surface area contributed by atoms with Crippen LogP contribution in [0.2, 0.25) is 0 Å². The zero-order chi connectivity index (χ0) is 20.0. The molecule has 28 heavy (non-hydrogen) atoms. The van der Waals surface area contributed by atoms with E-state index in [0.717, 1.165) is 16.8 Å². The smallest absolute Gasteiger partial charge is 0.336 e. The van der Waals surface area contributed by atoms with Crippen LogP contribution in [-0.4, -0.2) is 23.5 Å². The SMILES string of the molecule is CCOC(=O)C1=C(C)NC2=C(C(=O)c3ccccc32)[C@H]1c1ccc(O)c(Br)c1. The molecule has 0 saturated heterocycles. The predicted molar refractivity (Wildman–Crippen MR) is 109 cm³/mol. The van der Waals surface area contributed by atoms with Gasteiger partial charge in [0.1, 0.15) is 5.75 Å². The molecule has 5 nitrogen and oxygen atoms in total. The number of dihydropyridines is 1. The average molecular weight is 440 g/mol. The highest BCUT2D eigenvalue weighted by Crippen LogP contribution is 2.47. The van der Waals surface area contributed by atoms with E-state index in [1.54, 1.807) is 31.2 Å². The van der Waals surface area contributed by atoms with Crippen LogP contribution in [0.4, 0.5) is 0 Å². The number of hydrogen-bond acceptors (Lipinski definition) is 5. The monoisotopic (exact) mass is 439 g/mol. The fourth-order valence-electron chi connectivity index (χ4n) is 3.84. The number of Topliss-reactive ketones (excluding diaryl/α,β-unsaturated/α-hetero) is 1. The Balaban J connectivity index is 1.94. The van der Waals surface area contributed by atoms with Crippen molar-refractivity contribution in [2.45, 2.75) is 19.8 Å². The number of carbonyl (C=O) groups is 2. The van der Waals surface area contributed by atoms with Gasteiger partial charge in [-0.15, -0.1) is 0 Å². The lowest BCUT2D eigenvalue weighted by Crippen LogP contribution is -2.29. The first-order valence-electron chi connectivity index (χ1n) is 8.95. The summed E-state index contributed by atoms with van der Waals surface area (Å²) in [5, 5.41) is 13.1. The van der Waals surface area contributed by atoms with E-state index < -0.39 is 11.9 Å². The van der Waals surface area contributed by atoms with Crippen molar-refractivity contribution in [1.82, 2.24) is 5.32 Å². The molecule has 0 bridgehead atoms. The van der Waals surface area contributed by atoms with E-state index in [0.29, 0.717) is 26.9 Å². The van der Waals surface area contributed by atoms with Gasteiger partial charge in [0.25, 0.3) is 0 Å². The van der Waals surface area contributed by atoms with Gasteiger partial charge in [0.15, 0.2) is 5.78 Å². The lowest BCUT2D eigenvalue weighted by atomic mass is 9.80. The summed E-state index contributed by atoms with van der Waals surface area (Å²) in [5.41, 5.74) is 4.46. The summed E-state index contributed by atoms with van der Waals surface area (Å²) in [6, 6.07) is 12.4. The molecule has 0 unspecified atom stereocenters. The topological polar surface area (TPSA) is 75.6 Å². The number of hydrogen-bond donors (Lipinski definition) is 2. The van der Waals surface area contributed by atoms with E-state index in [1.165, 1.54) is 0 Å². The van der Waals surface area contributed by atoms with Crippen molar-refractivity contribution >= 4 is 33.4 Å². The van der Waals surface area contributed by atoms with Gasteiger partial charge >= 0.3 is 5.97 Å². The Morgan fingerprint density at radius 3 is 2.61 bits per heavy atom. The number of allylic oxidation sites excluding steroid dienone is 2. The summed E-state index contributed by atoms with van der Waals surface area (Å²) in [5.74, 6) is -1.07. The summed E-state index contributed by atoms with van der Waals surface area (Å²) < 4.78 is 5.78. The number of rotatable bonds is 3. The quantitative estimate of drug-likeness (QED) is 0.697. The van der Waals surface area contributed by atoms with Gasteiger partial charge < -0.3 is 15.2 Å². The fourth-order valence-corrected chi connectivity index (χ4v) is 4.24. The molecule has 0 radical (unpaired) electrons. The Labute approximate surface area is 170 Å². The third kappa shape index (κ3) is 2.76. The second kappa shape index (κ2) is 6.95. The van der Waals surface area contributed by atoms with Crippen LogP contribution in [0.1, 0.15) is 41.3 Å². The Hall–Kier alpha value is -2.86. The van der Waals surface area contributed by atoms with E-state index in [2.05, 4.69) is 21.2 Å². The van der Waals surface area contributed by atoms with Crippen molar-refractivity contribution in [3.8, 4) is 5.75 Å². The summed E-state index contributed by atoms with van der Waals surface area (Å²) in [6.45, 7) is 3.79. The van der Waals surface area contributed by atoms with Gasteiger partial charge in [-0.05, 0) is 47.5 Å². The Morgan fingerprint density at radius 2 is 1.93 bits per heavy atom. The van der Waals surface area contributed by atoms with Gasteiger partial charge in [-0.2, -0.15) is 0 Å². The highest BCUT2D eigenvalue weighted by Gasteiger charge is 2.42. The molecule has 1 heterocycles. The Bertz CT molecular complexity index is 1080. The highest BCUT2D eigenvalue weighted by molar-refractivity contribution is 9.10. The van der Waals surface area contributed by atoms with Crippen LogP contribution in [0.15, 0.2) is 63.8 Å². The lowest BCUT2D eigenvalue weighted by molar-refractivity contribution is -0.138. The normalized spacial score (nSPS) is 18.0. The van der Waals surface area contributed by atoms with Crippen LogP contribution in [0.3, 0.4) is 0 Å². The van der Waals surface area contributed by atoms with E-state index in [1.807, 2.05) is 25.1 Å². The first-order valence-corrected chi connectivity index (χ1v) is 9.75. The van der Waals surface area contributed by atoms with Crippen LogP contribution in [0.25, 0.3) is 5.70 Å². The lowest BCUT2D eigenvalue weighted by Gasteiger charge is -2.29. The summed E-state index contributed by atoms with van der Waals surface area (Å²) in [4.78, 5) is 26.1. The molecule has 0 amide bonds. The van der Waals surface area contributed by atoms with Gasteiger partial charge in [0.05, 0.1) is 22.3 Å². The molecule has 6 heteroatoms.